The smallest absolute Gasteiger partial charge is 0.336 e. The summed E-state index contributed by atoms with van der Waals surface area (Å²) in [6.07, 6.45) is 0. The molecule has 0 saturated heterocycles. The van der Waals surface area contributed by atoms with E-state index in [-0.39, 0.29) is 11.4 Å². The van der Waals surface area contributed by atoms with Crippen molar-refractivity contribution in [3.63, 3.8) is 0 Å². The number of rotatable bonds is 2. The predicted molar refractivity (Wildman–Crippen MR) is 71.2 cm³/mol. The monoisotopic (exact) mass is 308 g/mol. The van der Waals surface area contributed by atoms with E-state index < -0.39 is 5.97 Å². The summed E-state index contributed by atoms with van der Waals surface area (Å²) in [6, 6.07) is 9.52. The zero-order chi connectivity index (χ0) is 13.3. The number of carbonyl (C=O) groups is 1. The molecule has 0 heterocycles. The van der Waals surface area contributed by atoms with Crippen LogP contribution in [-0.2, 0) is 0 Å². The third kappa shape index (κ3) is 2.43. The summed E-state index contributed by atoms with van der Waals surface area (Å²) in [4.78, 5) is 11.0. The molecular weight excluding hydrogens is 299 g/mol. The maximum absolute atomic E-state index is 13.7. The van der Waals surface area contributed by atoms with Crippen molar-refractivity contribution in [3.05, 3.63) is 57.8 Å². The van der Waals surface area contributed by atoms with Crippen molar-refractivity contribution >= 4 is 21.9 Å². The first-order chi connectivity index (χ1) is 8.49. The summed E-state index contributed by atoms with van der Waals surface area (Å²) in [5, 5.41) is 9.04. The van der Waals surface area contributed by atoms with Gasteiger partial charge in [0.25, 0.3) is 0 Å². The Morgan fingerprint density at radius 3 is 2.61 bits per heavy atom. The summed E-state index contributed by atoms with van der Waals surface area (Å²) in [5.41, 5.74) is 2.00. The van der Waals surface area contributed by atoms with Crippen LogP contribution in [0.4, 0.5) is 4.39 Å². The number of halogens is 2. The molecular formula is C14H10BrFO2. The van der Waals surface area contributed by atoms with Crippen LogP contribution in [0, 0.1) is 12.7 Å². The molecule has 4 heteroatoms. The quantitative estimate of drug-likeness (QED) is 0.900. The van der Waals surface area contributed by atoms with Gasteiger partial charge >= 0.3 is 5.97 Å². The molecule has 0 aliphatic carbocycles. The summed E-state index contributed by atoms with van der Waals surface area (Å²) in [7, 11) is 0. The molecule has 0 spiro atoms. The van der Waals surface area contributed by atoms with Gasteiger partial charge in [0, 0.05) is 10.0 Å². The molecule has 0 saturated carbocycles. The van der Waals surface area contributed by atoms with Gasteiger partial charge < -0.3 is 5.11 Å². The maximum atomic E-state index is 13.7. The standard InChI is InChI=1S/C14H10BrFO2/c1-8-2-5-13(16)10(6-8)9-3-4-12(15)11(7-9)14(17)18/h2-7H,1H3,(H,17,18). The summed E-state index contributed by atoms with van der Waals surface area (Å²) in [5.74, 6) is -1.41. The lowest BCUT2D eigenvalue weighted by Gasteiger charge is -2.07. The van der Waals surface area contributed by atoms with E-state index in [1.807, 2.05) is 6.92 Å². The number of benzene rings is 2. The Balaban J connectivity index is 2.61. The molecule has 1 N–H and O–H groups in total. The first-order valence-corrected chi connectivity index (χ1v) is 6.07. The predicted octanol–water partition coefficient (Wildman–Crippen LogP) is 4.26. The number of hydrogen-bond donors (Lipinski definition) is 1. The van der Waals surface area contributed by atoms with Crippen LogP contribution in [0.3, 0.4) is 0 Å². The second-order valence-corrected chi connectivity index (χ2v) is 4.84. The van der Waals surface area contributed by atoms with Gasteiger partial charge in [-0.25, -0.2) is 9.18 Å². The highest BCUT2D eigenvalue weighted by molar-refractivity contribution is 9.10. The fourth-order valence-electron chi connectivity index (χ4n) is 1.72. The lowest BCUT2D eigenvalue weighted by Crippen LogP contribution is -1.98. The second-order valence-electron chi connectivity index (χ2n) is 3.98. The van der Waals surface area contributed by atoms with Gasteiger partial charge in [-0.15, -0.1) is 0 Å². The van der Waals surface area contributed by atoms with Crippen LogP contribution in [0.2, 0.25) is 0 Å². The molecule has 0 fully saturated rings. The fourth-order valence-corrected chi connectivity index (χ4v) is 2.13. The zero-order valence-corrected chi connectivity index (χ0v) is 11.2. The molecule has 0 aromatic heterocycles. The van der Waals surface area contributed by atoms with Crippen molar-refractivity contribution in [1.82, 2.24) is 0 Å². The molecule has 2 rings (SSSR count). The first kappa shape index (κ1) is 12.8. The number of aromatic carboxylic acids is 1. The van der Waals surface area contributed by atoms with E-state index in [0.717, 1.165) is 5.56 Å². The molecule has 0 unspecified atom stereocenters. The highest BCUT2D eigenvalue weighted by Crippen LogP contribution is 2.28. The molecule has 0 atom stereocenters. The number of carboxylic acid groups (broad SMARTS) is 1. The van der Waals surface area contributed by atoms with Gasteiger partial charge in [0.2, 0.25) is 0 Å². The van der Waals surface area contributed by atoms with E-state index in [2.05, 4.69) is 15.9 Å². The minimum absolute atomic E-state index is 0.119. The Morgan fingerprint density at radius 1 is 1.22 bits per heavy atom. The van der Waals surface area contributed by atoms with Crippen LogP contribution in [0.1, 0.15) is 15.9 Å². The molecule has 0 aliphatic rings. The number of carboxylic acids is 1. The van der Waals surface area contributed by atoms with Crippen LogP contribution < -0.4 is 0 Å². The van der Waals surface area contributed by atoms with Crippen LogP contribution in [0.5, 0.6) is 0 Å². The molecule has 2 nitrogen and oxygen atoms in total. The molecule has 0 amide bonds. The Morgan fingerprint density at radius 2 is 1.94 bits per heavy atom. The van der Waals surface area contributed by atoms with Crippen molar-refractivity contribution in [1.29, 1.82) is 0 Å². The molecule has 2 aromatic carbocycles. The van der Waals surface area contributed by atoms with Gasteiger partial charge in [0.05, 0.1) is 5.56 Å². The van der Waals surface area contributed by atoms with Crippen molar-refractivity contribution < 1.29 is 14.3 Å². The molecule has 0 radical (unpaired) electrons. The van der Waals surface area contributed by atoms with E-state index in [1.165, 1.54) is 12.1 Å². The van der Waals surface area contributed by atoms with E-state index in [4.69, 9.17) is 5.11 Å². The van der Waals surface area contributed by atoms with Gasteiger partial charge in [0.1, 0.15) is 5.82 Å². The normalized spacial score (nSPS) is 10.4. The second kappa shape index (κ2) is 4.90. The van der Waals surface area contributed by atoms with Crippen LogP contribution >= 0.6 is 15.9 Å². The first-order valence-electron chi connectivity index (χ1n) is 5.28. The zero-order valence-electron chi connectivity index (χ0n) is 9.58. The summed E-state index contributed by atoms with van der Waals surface area (Å²) < 4.78 is 14.2. The lowest BCUT2D eigenvalue weighted by molar-refractivity contribution is 0.0696. The van der Waals surface area contributed by atoms with Gasteiger partial charge in [0.15, 0.2) is 0 Å². The molecule has 92 valence electrons. The van der Waals surface area contributed by atoms with Crippen molar-refractivity contribution in [2.24, 2.45) is 0 Å². The molecule has 0 aliphatic heterocycles. The highest BCUT2D eigenvalue weighted by atomic mass is 79.9. The Bertz CT molecular complexity index is 623. The molecule has 18 heavy (non-hydrogen) atoms. The maximum Gasteiger partial charge on any atom is 0.336 e. The van der Waals surface area contributed by atoms with E-state index in [9.17, 15) is 9.18 Å². The van der Waals surface area contributed by atoms with Crippen molar-refractivity contribution in [2.45, 2.75) is 6.92 Å². The third-order valence-corrected chi connectivity index (χ3v) is 3.32. The minimum atomic E-state index is -1.04. The topological polar surface area (TPSA) is 37.3 Å². The average molecular weight is 309 g/mol. The lowest BCUT2D eigenvalue weighted by atomic mass is 10.0. The summed E-state index contributed by atoms with van der Waals surface area (Å²) in [6.45, 7) is 1.86. The SMILES string of the molecule is Cc1ccc(F)c(-c2ccc(Br)c(C(=O)O)c2)c1. The Hall–Kier alpha value is -1.68. The Kier molecular flexibility index (Phi) is 3.48. The van der Waals surface area contributed by atoms with Crippen molar-refractivity contribution in [3.8, 4) is 11.1 Å². The highest BCUT2D eigenvalue weighted by Gasteiger charge is 2.12. The fraction of sp³-hybridized carbons (Fsp3) is 0.0714. The van der Waals surface area contributed by atoms with Gasteiger partial charge in [-0.1, -0.05) is 17.7 Å². The number of aryl methyl sites for hydroxylation is 1. The largest absolute Gasteiger partial charge is 0.478 e. The van der Waals surface area contributed by atoms with Crippen LogP contribution in [0.25, 0.3) is 11.1 Å². The van der Waals surface area contributed by atoms with Gasteiger partial charge in [-0.05, 0) is 52.7 Å². The van der Waals surface area contributed by atoms with Gasteiger partial charge in [-0.2, -0.15) is 0 Å². The minimum Gasteiger partial charge on any atom is -0.478 e. The van der Waals surface area contributed by atoms with Crippen LogP contribution in [-0.4, -0.2) is 11.1 Å². The van der Waals surface area contributed by atoms with Gasteiger partial charge in [-0.3, -0.25) is 0 Å². The average Bonchev–Trinajstić information content (AvgIpc) is 2.33. The molecule has 2 aromatic rings. The number of hydrogen-bond acceptors (Lipinski definition) is 1. The van der Waals surface area contributed by atoms with E-state index >= 15 is 0 Å². The van der Waals surface area contributed by atoms with E-state index in [0.29, 0.717) is 15.6 Å². The van der Waals surface area contributed by atoms with Crippen LogP contribution in [0.15, 0.2) is 40.9 Å². The summed E-state index contributed by atoms with van der Waals surface area (Å²) >= 11 is 3.16. The third-order valence-electron chi connectivity index (χ3n) is 2.63. The van der Waals surface area contributed by atoms with E-state index in [1.54, 1.807) is 24.3 Å². The Labute approximate surface area is 112 Å². The van der Waals surface area contributed by atoms with Crippen molar-refractivity contribution in [2.75, 3.05) is 0 Å². The molecule has 0 bridgehead atoms.